The number of sulfonamides is 1. The van der Waals surface area contributed by atoms with E-state index in [4.69, 9.17) is 20.6 Å². The number of nitrogens with two attached hydrogens (primary N) is 1. The summed E-state index contributed by atoms with van der Waals surface area (Å²) >= 11 is 0. The first-order valence-electron chi connectivity index (χ1n) is 7.43. The molecule has 1 saturated heterocycles. The predicted molar refractivity (Wildman–Crippen MR) is 88.7 cm³/mol. The highest BCUT2D eigenvalue weighted by Crippen LogP contribution is 2.26. The monoisotopic (exact) mass is 341 g/mol. The summed E-state index contributed by atoms with van der Waals surface area (Å²) in [5.74, 6) is 1.02. The van der Waals surface area contributed by atoms with Gasteiger partial charge in [0.05, 0.1) is 18.9 Å². The smallest absolute Gasteiger partial charge is 0.211 e. The standard InChI is InChI=1S/C15H23N3O4S/c1-10(2)21-13-6-11(15(16)17)7-14(8-13)22-12-4-5-18(9-12)23(3,19)20/h6-8,10,12H,4-5,9H2,1-3H3,(H3,16,17). The van der Waals surface area contributed by atoms with Crippen molar-refractivity contribution in [1.29, 1.82) is 5.41 Å². The van der Waals surface area contributed by atoms with Gasteiger partial charge in [0.15, 0.2) is 0 Å². The van der Waals surface area contributed by atoms with Crippen molar-refractivity contribution >= 4 is 15.9 Å². The highest BCUT2D eigenvalue weighted by atomic mass is 32.2. The van der Waals surface area contributed by atoms with Gasteiger partial charge in [-0.3, -0.25) is 5.41 Å². The van der Waals surface area contributed by atoms with E-state index in [0.29, 0.717) is 36.6 Å². The molecule has 0 aliphatic carbocycles. The number of nitrogens with zero attached hydrogens (tertiary/aromatic N) is 1. The maximum absolute atomic E-state index is 11.6. The molecule has 1 fully saturated rings. The molecule has 128 valence electrons. The fraction of sp³-hybridized carbons (Fsp3) is 0.533. The summed E-state index contributed by atoms with van der Waals surface area (Å²) in [7, 11) is -3.20. The molecule has 1 aliphatic heterocycles. The third kappa shape index (κ3) is 4.84. The molecule has 0 bridgehead atoms. The van der Waals surface area contributed by atoms with Gasteiger partial charge >= 0.3 is 0 Å². The van der Waals surface area contributed by atoms with Gasteiger partial charge in [0.1, 0.15) is 23.4 Å². The quantitative estimate of drug-likeness (QED) is 0.597. The number of nitrogen functional groups attached to an aromatic ring is 1. The summed E-state index contributed by atoms with van der Waals surface area (Å²) in [4.78, 5) is 0. The molecule has 1 aliphatic rings. The average molecular weight is 341 g/mol. The number of rotatable bonds is 6. The van der Waals surface area contributed by atoms with Crippen molar-refractivity contribution in [3.05, 3.63) is 23.8 Å². The molecule has 0 aromatic heterocycles. The molecule has 0 amide bonds. The lowest BCUT2D eigenvalue weighted by Crippen LogP contribution is -2.30. The van der Waals surface area contributed by atoms with Gasteiger partial charge in [0.25, 0.3) is 0 Å². The zero-order valence-corrected chi connectivity index (χ0v) is 14.4. The summed E-state index contributed by atoms with van der Waals surface area (Å²) < 4.78 is 36.0. The first-order chi connectivity index (χ1) is 10.6. The molecular formula is C15H23N3O4S. The summed E-state index contributed by atoms with van der Waals surface area (Å²) in [6.07, 6.45) is 1.58. The lowest BCUT2D eigenvalue weighted by molar-refractivity contribution is 0.210. The molecule has 0 saturated carbocycles. The van der Waals surface area contributed by atoms with E-state index in [0.717, 1.165) is 0 Å². The SMILES string of the molecule is CC(C)Oc1cc(OC2CCN(S(C)(=O)=O)C2)cc(C(=N)N)c1. The summed E-state index contributed by atoms with van der Waals surface area (Å²) in [6.45, 7) is 4.58. The van der Waals surface area contributed by atoms with Crippen molar-refractivity contribution in [3.8, 4) is 11.5 Å². The molecule has 1 heterocycles. The Morgan fingerprint density at radius 1 is 1.35 bits per heavy atom. The lowest BCUT2D eigenvalue weighted by Gasteiger charge is -2.17. The minimum absolute atomic E-state index is 0.0164. The van der Waals surface area contributed by atoms with Gasteiger partial charge in [0.2, 0.25) is 10.0 Å². The van der Waals surface area contributed by atoms with Crippen molar-refractivity contribution in [2.75, 3.05) is 19.3 Å². The summed E-state index contributed by atoms with van der Waals surface area (Å²) in [5, 5.41) is 7.59. The largest absolute Gasteiger partial charge is 0.491 e. The minimum atomic E-state index is -3.20. The molecule has 3 N–H and O–H groups in total. The van der Waals surface area contributed by atoms with Crippen molar-refractivity contribution in [2.24, 2.45) is 5.73 Å². The number of benzene rings is 1. The Morgan fingerprint density at radius 2 is 2.00 bits per heavy atom. The molecule has 1 unspecified atom stereocenters. The van der Waals surface area contributed by atoms with Crippen LogP contribution in [0.4, 0.5) is 0 Å². The van der Waals surface area contributed by atoms with Crippen molar-refractivity contribution in [2.45, 2.75) is 32.5 Å². The topological polar surface area (TPSA) is 106 Å². The van der Waals surface area contributed by atoms with Crippen LogP contribution >= 0.6 is 0 Å². The van der Waals surface area contributed by atoms with Crippen LogP contribution in [0.3, 0.4) is 0 Å². The highest BCUT2D eigenvalue weighted by molar-refractivity contribution is 7.88. The van der Waals surface area contributed by atoms with Crippen LogP contribution in [0.15, 0.2) is 18.2 Å². The summed E-state index contributed by atoms with van der Waals surface area (Å²) in [5.41, 5.74) is 6.06. The van der Waals surface area contributed by atoms with Crippen molar-refractivity contribution < 1.29 is 17.9 Å². The molecule has 1 aromatic rings. The van der Waals surface area contributed by atoms with Crippen LogP contribution in [0.25, 0.3) is 0 Å². The van der Waals surface area contributed by atoms with E-state index in [1.807, 2.05) is 13.8 Å². The van der Waals surface area contributed by atoms with Gasteiger partial charge in [0, 0.05) is 18.2 Å². The third-order valence-corrected chi connectivity index (χ3v) is 4.71. The van der Waals surface area contributed by atoms with E-state index in [1.165, 1.54) is 10.6 Å². The van der Waals surface area contributed by atoms with E-state index in [1.54, 1.807) is 18.2 Å². The van der Waals surface area contributed by atoms with Crippen LogP contribution < -0.4 is 15.2 Å². The van der Waals surface area contributed by atoms with Gasteiger partial charge in [-0.2, -0.15) is 4.31 Å². The van der Waals surface area contributed by atoms with Crippen LogP contribution in [-0.2, 0) is 10.0 Å². The number of amidine groups is 1. The van der Waals surface area contributed by atoms with E-state index >= 15 is 0 Å². The Balaban J connectivity index is 2.16. The number of ether oxygens (including phenoxy) is 2. The van der Waals surface area contributed by atoms with Gasteiger partial charge < -0.3 is 15.2 Å². The third-order valence-electron chi connectivity index (χ3n) is 3.44. The number of hydrogen-bond acceptors (Lipinski definition) is 5. The molecule has 7 nitrogen and oxygen atoms in total. The number of nitrogens with one attached hydrogen (secondary N) is 1. The van der Waals surface area contributed by atoms with Gasteiger partial charge in [-0.05, 0) is 32.4 Å². The van der Waals surface area contributed by atoms with Crippen LogP contribution in [0, 0.1) is 5.41 Å². The first kappa shape index (κ1) is 17.6. The zero-order valence-electron chi connectivity index (χ0n) is 13.6. The maximum Gasteiger partial charge on any atom is 0.211 e. The Kier molecular flexibility index (Phi) is 5.16. The predicted octanol–water partition coefficient (Wildman–Crippen LogP) is 1.17. The highest BCUT2D eigenvalue weighted by Gasteiger charge is 2.30. The van der Waals surface area contributed by atoms with E-state index in [-0.39, 0.29) is 18.0 Å². The molecular weight excluding hydrogens is 318 g/mol. The Bertz CT molecular complexity index is 688. The molecule has 0 spiro atoms. The number of hydrogen-bond donors (Lipinski definition) is 2. The maximum atomic E-state index is 11.6. The fourth-order valence-corrected chi connectivity index (χ4v) is 3.30. The van der Waals surface area contributed by atoms with Gasteiger partial charge in [-0.25, -0.2) is 8.42 Å². The normalized spacial score (nSPS) is 19.0. The van der Waals surface area contributed by atoms with Crippen LogP contribution in [0.5, 0.6) is 11.5 Å². The van der Waals surface area contributed by atoms with Crippen molar-refractivity contribution in [3.63, 3.8) is 0 Å². The molecule has 0 radical (unpaired) electrons. The molecule has 8 heteroatoms. The summed E-state index contributed by atoms with van der Waals surface area (Å²) in [6, 6.07) is 5.08. The Labute approximate surface area is 136 Å². The van der Waals surface area contributed by atoms with Crippen molar-refractivity contribution in [1.82, 2.24) is 4.31 Å². The van der Waals surface area contributed by atoms with E-state index in [9.17, 15) is 8.42 Å². The molecule has 2 rings (SSSR count). The lowest BCUT2D eigenvalue weighted by atomic mass is 10.2. The molecule has 1 atom stereocenters. The zero-order chi connectivity index (χ0) is 17.2. The van der Waals surface area contributed by atoms with Gasteiger partial charge in [-0.1, -0.05) is 0 Å². The van der Waals surface area contributed by atoms with E-state index in [2.05, 4.69) is 0 Å². The Morgan fingerprint density at radius 3 is 2.52 bits per heavy atom. The second-order valence-electron chi connectivity index (χ2n) is 5.92. The van der Waals surface area contributed by atoms with Crippen LogP contribution in [-0.4, -0.2) is 50.1 Å². The van der Waals surface area contributed by atoms with Crippen LogP contribution in [0.1, 0.15) is 25.8 Å². The van der Waals surface area contributed by atoms with E-state index < -0.39 is 10.0 Å². The molecule has 23 heavy (non-hydrogen) atoms. The van der Waals surface area contributed by atoms with Crippen LogP contribution in [0.2, 0.25) is 0 Å². The second kappa shape index (κ2) is 6.76. The molecule has 1 aromatic carbocycles. The first-order valence-corrected chi connectivity index (χ1v) is 9.28. The Hall–Kier alpha value is -1.80. The average Bonchev–Trinajstić information content (AvgIpc) is 2.86. The minimum Gasteiger partial charge on any atom is -0.491 e. The fourth-order valence-electron chi connectivity index (χ4n) is 2.42. The second-order valence-corrected chi connectivity index (χ2v) is 7.91. The van der Waals surface area contributed by atoms with Gasteiger partial charge in [-0.15, -0.1) is 0 Å².